The van der Waals surface area contributed by atoms with E-state index in [1.54, 1.807) is 0 Å². The highest BCUT2D eigenvalue weighted by atomic mass is 28.5. The lowest BCUT2D eigenvalue weighted by molar-refractivity contribution is 0.230. The molecule has 0 amide bonds. The molecule has 0 aliphatic rings. The van der Waals surface area contributed by atoms with Crippen LogP contribution in [0, 0.1) is 0 Å². The Morgan fingerprint density at radius 3 is 0.348 bits per heavy atom. The zero-order valence-corrected chi connectivity index (χ0v) is 58.3. The van der Waals surface area contributed by atoms with Gasteiger partial charge in [0.05, 0.1) is 0 Å². The van der Waals surface area contributed by atoms with E-state index in [1.807, 2.05) is 0 Å². The maximum Gasteiger partial charge on any atom is 0.320 e. The van der Waals surface area contributed by atoms with Crippen LogP contribution in [-0.4, -0.2) is 68.0 Å². The average molecular weight is 1110 g/mol. The molecule has 0 heterocycles. The van der Waals surface area contributed by atoms with Gasteiger partial charge in [0.25, 0.3) is 0 Å². The highest BCUT2D eigenvalue weighted by Crippen LogP contribution is 2.46. The van der Waals surface area contributed by atoms with Gasteiger partial charge in [0.2, 0.25) is 0 Å². The highest BCUT2D eigenvalue weighted by molar-refractivity contribution is 6.95. The summed E-state index contributed by atoms with van der Waals surface area (Å²) >= 11 is 0. The molecule has 0 atom stereocenters. The van der Waals surface area contributed by atoms with E-state index in [0.29, 0.717) is 0 Å². The van der Waals surface area contributed by atoms with Gasteiger partial charge in [-0.3, -0.25) is 0 Å². The van der Waals surface area contributed by atoms with Crippen LogP contribution in [0.2, 0.25) is 109 Å². The lowest BCUT2D eigenvalue weighted by Gasteiger charge is -2.52. The second kappa shape index (κ2) is 38.1. The fraction of sp³-hybridized carbons (Fsp3) is 1.00. The summed E-state index contributed by atoms with van der Waals surface area (Å²) < 4.78 is 58.4. The second-order valence-electron chi connectivity index (χ2n) is 22.0. The zero-order chi connectivity index (χ0) is 52.4. The van der Waals surface area contributed by atoms with Crippen LogP contribution in [0.3, 0.4) is 0 Å². The third kappa shape index (κ3) is 23.7. The second-order valence-corrected chi connectivity index (χ2v) is 52.4. The van der Waals surface area contributed by atoms with Crippen molar-refractivity contribution in [2.75, 3.05) is 0 Å². The Kier molecular flexibility index (Phi) is 38.9. The summed E-state index contributed by atoms with van der Waals surface area (Å²) in [6.45, 7) is 42.9. The molecule has 69 heavy (non-hydrogen) atoms. The molecule has 0 unspecified atom stereocenters. The molecule has 416 valence electrons. The van der Waals surface area contributed by atoms with Crippen molar-refractivity contribution in [3.8, 4) is 0 Å². The summed E-state index contributed by atoms with van der Waals surface area (Å²) in [6, 6.07) is 19.9. The van der Waals surface area contributed by atoms with Gasteiger partial charge in [-0.1, -0.05) is 240 Å². The number of hydrogen-bond donors (Lipinski definition) is 0. The smallest absolute Gasteiger partial charge is 0.320 e. The van der Waals surface area contributed by atoms with Gasteiger partial charge in [-0.15, -0.1) is 0 Å². The van der Waals surface area contributed by atoms with Gasteiger partial charge in [-0.05, 0) is 109 Å². The summed E-state index contributed by atoms with van der Waals surface area (Å²) in [5.41, 5.74) is 0. The van der Waals surface area contributed by atoms with Gasteiger partial charge in [0.1, 0.15) is 0 Å². The van der Waals surface area contributed by atoms with Crippen molar-refractivity contribution >= 4 is 68.0 Å². The van der Waals surface area contributed by atoms with Crippen LogP contribution < -0.4 is 0 Å². The lowest BCUT2D eigenvalue weighted by Crippen LogP contribution is -2.67. The first kappa shape index (κ1) is 70.5. The summed E-state index contributed by atoms with van der Waals surface area (Å²) in [5.74, 6) is 0. The highest BCUT2D eigenvalue weighted by Gasteiger charge is 2.60. The van der Waals surface area contributed by atoms with Crippen molar-refractivity contribution in [2.24, 2.45) is 0 Å². The molecule has 0 aliphatic heterocycles. The molecule has 0 N–H and O–H groups in total. The SMILES string of the molecule is CCC[Si](CCC)(CCC)O[Si](CCC)(CCC)O[Si](CCC)(CCC)O[Si](CCC)(CCC)O[Si](CCC)(CCC)O[Si](CCC)(CCC)O[Si](CCC)(CCC)O[Si](CCC)(CCC)CCC. The van der Waals surface area contributed by atoms with Gasteiger partial charge < -0.3 is 28.8 Å². The van der Waals surface area contributed by atoms with Crippen LogP contribution in [0.5, 0.6) is 0 Å². The fourth-order valence-electron chi connectivity index (χ4n) is 12.9. The van der Waals surface area contributed by atoms with E-state index < -0.39 is 68.0 Å². The summed E-state index contributed by atoms with van der Waals surface area (Å²) in [7, 11) is -21.2. The largest absolute Gasteiger partial charge is 0.436 e. The van der Waals surface area contributed by atoms with E-state index in [2.05, 4.69) is 125 Å². The van der Waals surface area contributed by atoms with Crippen molar-refractivity contribution < 1.29 is 28.8 Å². The van der Waals surface area contributed by atoms with Crippen LogP contribution in [0.1, 0.15) is 240 Å². The number of rotatable bonds is 50. The van der Waals surface area contributed by atoms with Gasteiger partial charge in [0.15, 0.2) is 16.6 Å². The molecule has 0 aromatic heterocycles. The first-order valence-corrected chi connectivity index (χ1v) is 49.4. The molecule has 0 radical (unpaired) electrons. The fourth-order valence-corrected chi connectivity index (χ4v) is 65.9. The average Bonchev–Trinajstić information content (AvgIpc) is 3.25. The van der Waals surface area contributed by atoms with Gasteiger partial charge in [0, 0.05) is 0 Å². The maximum atomic E-state index is 8.50. The Morgan fingerprint density at radius 2 is 0.246 bits per heavy atom. The topological polar surface area (TPSA) is 64.6 Å². The van der Waals surface area contributed by atoms with Crippen molar-refractivity contribution in [1.82, 2.24) is 0 Å². The zero-order valence-electron chi connectivity index (χ0n) is 50.3. The molecule has 0 saturated heterocycles. The van der Waals surface area contributed by atoms with Crippen LogP contribution in [0.4, 0.5) is 0 Å². The monoisotopic (exact) mass is 1110 g/mol. The molecule has 0 rings (SSSR count). The van der Waals surface area contributed by atoms with Crippen LogP contribution >= 0.6 is 0 Å². The maximum absolute atomic E-state index is 8.50. The molecule has 0 bridgehead atoms. The van der Waals surface area contributed by atoms with E-state index in [4.69, 9.17) is 28.8 Å². The standard InChI is InChI=1S/C54H126O7Si8/c1-19-37-62(38-20-2,39-21-3)55-64(43-25-7,44-26-8)57-66(47-29-11,48-30-12)59-68(51-33-15,52-34-16)61-69(53-35-17,54-36-18)60-67(49-31-13,50-32-14)58-65(45-27-9,46-28-10)56-63(40-22-4,41-23-5)42-24-6/h19-54H2,1-18H3. The molecule has 0 saturated carbocycles. The Labute approximate surface area is 443 Å². The third-order valence-corrected chi connectivity index (χ3v) is 59.4. The van der Waals surface area contributed by atoms with Crippen LogP contribution in [0.15, 0.2) is 0 Å². The summed E-state index contributed by atoms with van der Waals surface area (Å²) in [6.07, 6.45) is 20.1. The minimum Gasteiger partial charge on any atom is -0.436 e. The molecule has 7 nitrogen and oxygen atoms in total. The van der Waals surface area contributed by atoms with Gasteiger partial charge in [-0.25, -0.2) is 0 Å². The Hall–Kier alpha value is 1.46. The predicted molar refractivity (Wildman–Crippen MR) is 325 cm³/mol. The molecule has 0 aromatic carbocycles. The van der Waals surface area contributed by atoms with Crippen molar-refractivity contribution in [2.45, 2.75) is 349 Å². The minimum atomic E-state index is -2.97. The molecule has 0 aromatic rings. The van der Waals surface area contributed by atoms with E-state index in [-0.39, 0.29) is 0 Å². The van der Waals surface area contributed by atoms with Crippen LogP contribution in [-0.2, 0) is 28.8 Å². The molecule has 0 aliphatic carbocycles. The van der Waals surface area contributed by atoms with Crippen LogP contribution in [0.25, 0.3) is 0 Å². The Morgan fingerprint density at radius 1 is 0.145 bits per heavy atom. The molecular formula is C54H126O7Si8. The first-order chi connectivity index (χ1) is 33.0. The molecular weight excluding hydrogens is 985 g/mol. The number of hydrogen-bond acceptors (Lipinski definition) is 7. The van der Waals surface area contributed by atoms with Crippen molar-refractivity contribution in [1.29, 1.82) is 0 Å². The quantitative estimate of drug-likeness (QED) is 0.0562. The molecule has 0 fully saturated rings. The Balaban J connectivity index is 8.52. The summed E-state index contributed by atoms with van der Waals surface area (Å²) in [5, 5.41) is 0. The van der Waals surface area contributed by atoms with E-state index >= 15 is 0 Å². The molecule has 15 heteroatoms. The first-order valence-electron chi connectivity index (χ1n) is 30.9. The Bertz CT molecular complexity index is 1080. The van der Waals surface area contributed by atoms with Gasteiger partial charge >= 0.3 is 51.4 Å². The van der Waals surface area contributed by atoms with E-state index in [0.717, 1.165) is 150 Å². The summed E-state index contributed by atoms with van der Waals surface area (Å²) in [4.78, 5) is 0. The molecule has 0 spiro atoms. The van der Waals surface area contributed by atoms with E-state index in [1.165, 1.54) is 74.8 Å². The third-order valence-electron chi connectivity index (χ3n) is 14.5. The van der Waals surface area contributed by atoms with Crippen molar-refractivity contribution in [3.63, 3.8) is 0 Å². The minimum absolute atomic E-state index is 0.999. The predicted octanol–water partition coefficient (Wildman–Crippen LogP) is 21.0. The van der Waals surface area contributed by atoms with E-state index in [9.17, 15) is 0 Å². The van der Waals surface area contributed by atoms with Crippen molar-refractivity contribution in [3.05, 3.63) is 0 Å². The lowest BCUT2D eigenvalue weighted by atomic mass is 10.6. The normalized spacial score (nSPS) is 13.8. The van der Waals surface area contributed by atoms with Gasteiger partial charge in [-0.2, -0.15) is 0 Å².